The zero-order valence-electron chi connectivity index (χ0n) is 14.6. The molecule has 1 atom stereocenters. The molecule has 2 rings (SSSR count). The van der Waals surface area contributed by atoms with Gasteiger partial charge < -0.3 is 4.90 Å². The van der Waals surface area contributed by atoms with E-state index in [2.05, 4.69) is 28.7 Å². The molecule has 1 aromatic carbocycles. The van der Waals surface area contributed by atoms with Crippen molar-refractivity contribution in [3.63, 3.8) is 0 Å². The third-order valence-corrected chi connectivity index (χ3v) is 4.67. The summed E-state index contributed by atoms with van der Waals surface area (Å²) in [4.78, 5) is 33.4. The highest BCUT2D eigenvalue weighted by molar-refractivity contribution is 8.17. The van der Waals surface area contributed by atoms with Crippen molar-refractivity contribution in [2.24, 2.45) is 9.98 Å². The highest BCUT2D eigenvalue weighted by atomic mass is 32.2. The Bertz CT molecular complexity index is 694. The maximum absolute atomic E-state index is 12.1. The fourth-order valence-corrected chi connectivity index (χ4v) is 3.35. The predicted molar refractivity (Wildman–Crippen MR) is 102 cm³/mol. The van der Waals surface area contributed by atoms with Gasteiger partial charge in [-0.3, -0.25) is 14.9 Å². The van der Waals surface area contributed by atoms with Gasteiger partial charge in [-0.05, 0) is 31.9 Å². The van der Waals surface area contributed by atoms with Gasteiger partial charge >= 0.3 is 0 Å². The van der Waals surface area contributed by atoms with Crippen LogP contribution in [0.25, 0.3) is 0 Å². The van der Waals surface area contributed by atoms with Crippen molar-refractivity contribution in [3.8, 4) is 0 Å². The molecule has 134 valence electrons. The third kappa shape index (κ3) is 4.88. The summed E-state index contributed by atoms with van der Waals surface area (Å²) in [6, 6.07) is 6.06. The summed E-state index contributed by atoms with van der Waals surface area (Å²) < 4.78 is 0. The van der Waals surface area contributed by atoms with Crippen LogP contribution in [-0.4, -0.2) is 44.9 Å². The summed E-state index contributed by atoms with van der Waals surface area (Å²) in [7, 11) is 0. The number of amides is 1. The Morgan fingerprint density at radius 3 is 2.36 bits per heavy atom. The summed E-state index contributed by atoms with van der Waals surface area (Å²) >= 11 is 1.38. The predicted octanol–water partition coefficient (Wildman–Crippen LogP) is 3.81. The van der Waals surface area contributed by atoms with Crippen LogP contribution >= 0.6 is 11.8 Å². The number of nitro groups is 1. The van der Waals surface area contributed by atoms with Crippen molar-refractivity contribution in [2.45, 2.75) is 38.9 Å². The summed E-state index contributed by atoms with van der Waals surface area (Å²) in [6.45, 7) is 7.57. The van der Waals surface area contributed by atoms with Crippen molar-refractivity contribution in [1.82, 2.24) is 4.90 Å². The Morgan fingerprint density at radius 1 is 1.24 bits per heavy atom. The smallest absolute Gasteiger partial charge is 0.269 e. The second-order valence-corrected chi connectivity index (χ2v) is 7.04. The Kier molecular flexibility index (Phi) is 6.69. The van der Waals surface area contributed by atoms with E-state index in [9.17, 15) is 14.9 Å². The fraction of sp³-hybridized carbons (Fsp3) is 0.471. The van der Waals surface area contributed by atoms with E-state index >= 15 is 0 Å². The van der Waals surface area contributed by atoms with E-state index in [0.29, 0.717) is 16.6 Å². The standard InChI is InChI=1S/C17H22N4O3S/c1-4-10-20(11-5-2)15-17(25-12(3)16(22)19-15)18-13-6-8-14(9-7-13)21(23)24/h6-9,12H,4-5,10-11H2,1-3H3. The number of hydrogen-bond acceptors (Lipinski definition) is 6. The fourth-order valence-electron chi connectivity index (χ4n) is 2.43. The van der Waals surface area contributed by atoms with Gasteiger partial charge in [-0.1, -0.05) is 25.6 Å². The topological polar surface area (TPSA) is 88.2 Å². The molecule has 0 N–H and O–H groups in total. The maximum atomic E-state index is 12.1. The van der Waals surface area contributed by atoms with Crippen LogP contribution in [0.15, 0.2) is 34.3 Å². The van der Waals surface area contributed by atoms with E-state index in [1.54, 1.807) is 12.1 Å². The van der Waals surface area contributed by atoms with Crippen LogP contribution in [0.2, 0.25) is 0 Å². The van der Waals surface area contributed by atoms with Crippen molar-refractivity contribution in [2.75, 3.05) is 13.1 Å². The van der Waals surface area contributed by atoms with Gasteiger partial charge in [0.2, 0.25) is 0 Å². The third-order valence-electron chi connectivity index (χ3n) is 3.62. The number of aliphatic imine (C=N–C) groups is 2. The number of carbonyl (C=O) groups excluding carboxylic acids is 1. The molecule has 0 bridgehead atoms. The van der Waals surface area contributed by atoms with E-state index in [0.717, 1.165) is 25.9 Å². The number of amidine groups is 1. The van der Waals surface area contributed by atoms with Gasteiger partial charge in [0.15, 0.2) is 5.84 Å². The zero-order chi connectivity index (χ0) is 18.4. The minimum atomic E-state index is -0.440. The molecule has 25 heavy (non-hydrogen) atoms. The van der Waals surface area contributed by atoms with Gasteiger partial charge in [0.25, 0.3) is 11.6 Å². The molecule has 0 fully saturated rings. The largest absolute Gasteiger partial charge is 0.354 e. The van der Waals surface area contributed by atoms with Crippen molar-refractivity contribution in [1.29, 1.82) is 0 Å². The van der Waals surface area contributed by atoms with E-state index in [1.165, 1.54) is 23.9 Å². The number of thioether (sulfide) groups is 1. The van der Waals surface area contributed by atoms with Crippen LogP contribution in [0, 0.1) is 10.1 Å². The lowest BCUT2D eigenvalue weighted by molar-refractivity contribution is -0.384. The lowest BCUT2D eigenvalue weighted by Crippen LogP contribution is -2.41. The SMILES string of the molecule is CCCN(CCC)C1=NC(=O)C(C)SC1=Nc1ccc([N+](=O)[O-])cc1. The van der Waals surface area contributed by atoms with Gasteiger partial charge in [0, 0.05) is 25.2 Å². The number of carbonyl (C=O) groups is 1. The lowest BCUT2D eigenvalue weighted by atomic mass is 10.3. The Morgan fingerprint density at radius 2 is 1.84 bits per heavy atom. The number of benzene rings is 1. The van der Waals surface area contributed by atoms with E-state index in [4.69, 9.17) is 0 Å². The van der Waals surface area contributed by atoms with Gasteiger partial charge in [-0.25, -0.2) is 4.99 Å². The molecule has 1 heterocycles. The molecule has 8 heteroatoms. The van der Waals surface area contributed by atoms with E-state index in [-0.39, 0.29) is 16.8 Å². The monoisotopic (exact) mass is 362 g/mol. The molecule has 0 aliphatic carbocycles. The van der Waals surface area contributed by atoms with Gasteiger partial charge in [-0.15, -0.1) is 0 Å². The second-order valence-electron chi connectivity index (χ2n) is 5.71. The number of nitro benzene ring substituents is 1. The first kappa shape index (κ1) is 19.1. The molecule has 0 aromatic heterocycles. The second kappa shape index (κ2) is 8.75. The maximum Gasteiger partial charge on any atom is 0.269 e. The summed E-state index contributed by atoms with van der Waals surface area (Å²) in [6.07, 6.45) is 1.89. The summed E-state index contributed by atoms with van der Waals surface area (Å²) in [5.41, 5.74) is 0.631. The van der Waals surface area contributed by atoms with E-state index in [1.807, 2.05) is 6.92 Å². The van der Waals surface area contributed by atoms with Crippen LogP contribution in [0.1, 0.15) is 33.6 Å². The van der Waals surface area contributed by atoms with Gasteiger partial charge in [0.1, 0.15) is 5.04 Å². The molecule has 0 radical (unpaired) electrons. The molecule has 1 amide bonds. The van der Waals surface area contributed by atoms with Gasteiger partial charge in [0.05, 0.1) is 15.9 Å². The molecule has 1 aliphatic heterocycles. The average Bonchev–Trinajstić information content (AvgIpc) is 2.58. The van der Waals surface area contributed by atoms with Crippen molar-refractivity contribution >= 4 is 39.9 Å². The molecule has 7 nitrogen and oxygen atoms in total. The summed E-state index contributed by atoms with van der Waals surface area (Å²) in [5, 5.41) is 11.2. The first-order valence-corrected chi connectivity index (χ1v) is 9.21. The Balaban J connectivity index is 2.38. The van der Waals surface area contributed by atoms with Crippen LogP contribution in [0.5, 0.6) is 0 Å². The average molecular weight is 362 g/mol. The zero-order valence-corrected chi connectivity index (χ0v) is 15.5. The molecule has 0 spiro atoms. The van der Waals surface area contributed by atoms with Crippen LogP contribution in [0.3, 0.4) is 0 Å². The lowest BCUT2D eigenvalue weighted by Gasteiger charge is -2.29. The van der Waals surface area contributed by atoms with Crippen LogP contribution in [-0.2, 0) is 4.79 Å². The molecular formula is C17H22N4O3S. The molecule has 1 aromatic rings. The molecule has 0 saturated carbocycles. The minimum absolute atomic E-state index is 0.0243. The Labute approximate surface area is 151 Å². The highest BCUT2D eigenvalue weighted by Gasteiger charge is 2.29. The molecule has 1 aliphatic rings. The summed E-state index contributed by atoms with van der Waals surface area (Å²) in [5.74, 6) is 0.454. The van der Waals surface area contributed by atoms with Crippen molar-refractivity contribution in [3.05, 3.63) is 34.4 Å². The molecule has 0 saturated heterocycles. The van der Waals surface area contributed by atoms with Crippen LogP contribution in [0.4, 0.5) is 11.4 Å². The molecule has 1 unspecified atom stereocenters. The van der Waals surface area contributed by atoms with Crippen LogP contribution < -0.4 is 0 Å². The number of hydrogen-bond donors (Lipinski definition) is 0. The first-order valence-electron chi connectivity index (χ1n) is 8.33. The number of non-ortho nitro benzene ring substituents is 1. The normalized spacial score (nSPS) is 19.0. The first-order chi connectivity index (χ1) is 12.0. The van der Waals surface area contributed by atoms with Crippen molar-refractivity contribution < 1.29 is 9.72 Å². The minimum Gasteiger partial charge on any atom is -0.354 e. The Hall–Kier alpha value is -2.22. The van der Waals surface area contributed by atoms with Gasteiger partial charge in [-0.2, -0.15) is 4.99 Å². The quantitative estimate of drug-likeness (QED) is 0.567. The number of nitrogens with zero attached hydrogens (tertiary/aromatic N) is 4. The highest BCUT2D eigenvalue weighted by Crippen LogP contribution is 2.26. The van der Waals surface area contributed by atoms with E-state index < -0.39 is 4.92 Å². The molecular weight excluding hydrogens is 340 g/mol. The number of rotatable bonds is 6.